The molecule has 1 fully saturated rings. The zero-order valence-corrected chi connectivity index (χ0v) is 15.9. The van der Waals surface area contributed by atoms with Crippen LogP contribution >= 0.6 is 23.4 Å². The van der Waals surface area contributed by atoms with Gasteiger partial charge in [-0.05, 0) is 62.2 Å². The Kier molecular flexibility index (Phi) is 6.27. The monoisotopic (exact) mass is 375 g/mol. The molecule has 0 bridgehead atoms. The van der Waals surface area contributed by atoms with E-state index >= 15 is 0 Å². The molecule has 2 aromatic rings. The predicted octanol–water partition coefficient (Wildman–Crippen LogP) is 5.27. The number of hydrogen-bond donors (Lipinski definition) is 0. The van der Waals surface area contributed by atoms with E-state index in [0.29, 0.717) is 6.61 Å². The van der Waals surface area contributed by atoms with Crippen LogP contribution in [0, 0.1) is 0 Å². The Morgan fingerprint density at radius 3 is 2.56 bits per heavy atom. The molecule has 1 saturated heterocycles. The zero-order valence-electron chi connectivity index (χ0n) is 14.3. The van der Waals surface area contributed by atoms with E-state index in [-0.39, 0.29) is 5.91 Å². The Balaban J connectivity index is 1.77. The van der Waals surface area contributed by atoms with Gasteiger partial charge in [0.05, 0.1) is 6.61 Å². The number of likely N-dealkylation sites (tertiary alicyclic amines) is 1. The smallest absolute Gasteiger partial charge is 0.253 e. The van der Waals surface area contributed by atoms with Crippen molar-refractivity contribution in [3.05, 3.63) is 58.6 Å². The Hall–Kier alpha value is -1.65. The number of hydrogen-bond acceptors (Lipinski definition) is 3. The third-order valence-electron chi connectivity index (χ3n) is 4.21. The summed E-state index contributed by atoms with van der Waals surface area (Å²) in [5, 5.41) is 0.734. The van der Waals surface area contributed by atoms with Gasteiger partial charge in [-0.1, -0.05) is 11.6 Å². The van der Waals surface area contributed by atoms with Crippen molar-refractivity contribution in [2.45, 2.75) is 30.4 Å². The van der Waals surface area contributed by atoms with Crippen LogP contribution in [-0.4, -0.2) is 30.5 Å². The summed E-state index contributed by atoms with van der Waals surface area (Å²) in [5.74, 6) is 1.72. The van der Waals surface area contributed by atoms with Crippen molar-refractivity contribution in [3.63, 3.8) is 0 Å². The lowest BCUT2D eigenvalue weighted by Crippen LogP contribution is -2.27. The summed E-state index contributed by atoms with van der Waals surface area (Å²) in [6, 6.07) is 13.6. The highest BCUT2D eigenvalue weighted by atomic mass is 35.5. The first-order valence-corrected chi connectivity index (χ1v) is 9.97. The number of ether oxygens (including phenoxy) is 1. The van der Waals surface area contributed by atoms with Crippen LogP contribution in [0.15, 0.2) is 47.4 Å². The van der Waals surface area contributed by atoms with Gasteiger partial charge in [0.2, 0.25) is 0 Å². The van der Waals surface area contributed by atoms with Gasteiger partial charge in [-0.15, -0.1) is 11.8 Å². The number of carbonyl (C=O) groups is 1. The second-order valence-electron chi connectivity index (χ2n) is 6.00. The maximum Gasteiger partial charge on any atom is 0.253 e. The molecule has 0 spiro atoms. The van der Waals surface area contributed by atoms with Gasteiger partial charge in [0.25, 0.3) is 5.91 Å². The fourth-order valence-corrected chi connectivity index (χ4v) is 3.92. The van der Waals surface area contributed by atoms with Crippen LogP contribution in [0.5, 0.6) is 5.75 Å². The molecule has 0 saturated carbocycles. The molecule has 0 radical (unpaired) electrons. The maximum atomic E-state index is 12.6. The maximum absolute atomic E-state index is 12.6. The summed E-state index contributed by atoms with van der Waals surface area (Å²) in [6.45, 7) is 4.30. The van der Waals surface area contributed by atoms with Gasteiger partial charge >= 0.3 is 0 Å². The molecule has 0 unspecified atom stereocenters. The molecule has 3 rings (SSSR count). The molecule has 0 N–H and O–H groups in total. The topological polar surface area (TPSA) is 29.5 Å². The van der Waals surface area contributed by atoms with Gasteiger partial charge in [0.1, 0.15) is 5.75 Å². The average Bonchev–Trinajstić information content (AvgIpc) is 3.16. The first kappa shape index (κ1) is 18.2. The Labute approximate surface area is 158 Å². The predicted molar refractivity (Wildman–Crippen MR) is 104 cm³/mol. The number of rotatable bonds is 6. The van der Waals surface area contributed by atoms with E-state index in [4.69, 9.17) is 16.3 Å². The lowest BCUT2D eigenvalue weighted by molar-refractivity contribution is 0.0792. The Morgan fingerprint density at radius 1 is 1.16 bits per heavy atom. The first-order valence-electron chi connectivity index (χ1n) is 8.60. The van der Waals surface area contributed by atoms with Gasteiger partial charge in [-0.3, -0.25) is 4.79 Å². The van der Waals surface area contributed by atoms with Gasteiger partial charge < -0.3 is 9.64 Å². The molecule has 2 aromatic carbocycles. The van der Waals surface area contributed by atoms with Crippen LogP contribution in [0.3, 0.4) is 0 Å². The minimum Gasteiger partial charge on any atom is -0.494 e. The van der Waals surface area contributed by atoms with E-state index in [1.807, 2.05) is 54.3 Å². The largest absolute Gasteiger partial charge is 0.494 e. The number of carbonyl (C=O) groups excluding carboxylic acids is 1. The van der Waals surface area contributed by atoms with Crippen LogP contribution in [0.4, 0.5) is 0 Å². The third kappa shape index (κ3) is 4.71. The number of halogens is 1. The summed E-state index contributed by atoms with van der Waals surface area (Å²) < 4.78 is 5.75. The quantitative estimate of drug-likeness (QED) is 0.644. The molecule has 3 nitrogen and oxygen atoms in total. The molecule has 1 amide bonds. The third-order valence-corrected chi connectivity index (χ3v) is 5.52. The van der Waals surface area contributed by atoms with Crippen molar-refractivity contribution in [1.82, 2.24) is 4.90 Å². The molecular formula is C20H22ClNO2S. The molecule has 1 heterocycles. The minimum atomic E-state index is 0.123. The number of benzene rings is 2. The van der Waals surface area contributed by atoms with Crippen molar-refractivity contribution >= 4 is 29.3 Å². The summed E-state index contributed by atoms with van der Waals surface area (Å²) in [4.78, 5) is 15.7. The minimum absolute atomic E-state index is 0.123. The van der Waals surface area contributed by atoms with E-state index in [9.17, 15) is 4.79 Å². The molecule has 1 aliphatic heterocycles. The summed E-state index contributed by atoms with van der Waals surface area (Å²) in [5.41, 5.74) is 1.80. The van der Waals surface area contributed by atoms with Gasteiger partial charge in [0, 0.05) is 39.9 Å². The fraction of sp³-hybridized carbons (Fsp3) is 0.350. The molecule has 5 heteroatoms. The fourth-order valence-electron chi connectivity index (χ4n) is 2.92. The van der Waals surface area contributed by atoms with Gasteiger partial charge in [-0.2, -0.15) is 0 Å². The van der Waals surface area contributed by atoms with Gasteiger partial charge in [0.15, 0.2) is 0 Å². The highest BCUT2D eigenvalue weighted by molar-refractivity contribution is 7.98. The van der Waals surface area contributed by atoms with E-state index in [1.165, 1.54) is 0 Å². The molecule has 0 atom stereocenters. The average molecular weight is 376 g/mol. The van der Waals surface area contributed by atoms with E-state index in [0.717, 1.165) is 58.5 Å². The summed E-state index contributed by atoms with van der Waals surface area (Å²) in [7, 11) is 0. The molecule has 0 aromatic heterocycles. The standard InChI is InChI=1S/C20H22ClNO2S/c1-2-24-19-10-5-15(20(23)22-11-3-4-12-22)13-16(19)14-25-18-8-6-17(21)7-9-18/h5-10,13H,2-4,11-12,14H2,1H3. The van der Waals surface area contributed by atoms with E-state index < -0.39 is 0 Å². The number of amides is 1. The lowest BCUT2D eigenvalue weighted by atomic mass is 10.1. The molecule has 132 valence electrons. The molecule has 0 aliphatic carbocycles. The van der Waals surface area contributed by atoms with Crippen molar-refractivity contribution in [2.24, 2.45) is 0 Å². The molecule has 25 heavy (non-hydrogen) atoms. The highest BCUT2D eigenvalue weighted by Crippen LogP contribution is 2.30. The second kappa shape index (κ2) is 8.63. The molecular weight excluding hydrogens is 354 g/mol. The highest BCUT2D eigenvalue weighted by Gasteiger charge is 2.20. The summed E-state index contributed by atoms with van der Waals surface area (Å²) >= 11 is 7.65. The Bertz CT molecular complexity index is 727. The first-order chi connectivity index (χ1) is 12.2. The van der Waals surface area contributed by atoms with Crippen molar-refractivity contribution in [2.75, 3.05) is 19.7 Å². The summed E-state index contributed by atoms with van der Waals surface area (Å²) in [6.07, 6.45) is 2.20. The van der Waals surface area contributed by atoms with Gasteiger partial charge in [-0.25, -0.2) is 0 Å². The van der Waals surface area contributed by atoms with Crippen molar-refractivity contribution in [3.8, 4) is 5.75 Å². The zero-order chi connectivity index (χ0) is 17.6. The number of thioether (sulfide) groups is 1. The van der Waals surface area contributed by atoms with Crippen LogP contribution in [0.2, 0.25) is 5.02 Å². The van der Waals surface area contributed by atoms with Crippen molar-refractivity contribution in [1.29, 1.82) is 0 Å². The van der Waals surface area contributed by atoms with Crippen molar-refractivity contribution < 1.29 is 9.53 Å². The van der Waals surface area contributed by atoms with Crippen LogP contribution in [0.25, 0.3) is 0 Å². The van der Waals surface area contributed by atoms with E-state index in [1.54, 1.807) is 11.8 Å². The van der Waals surface area contributed by atoms with Crippen LogP contribution in [0.1, 0.15) is 35.7 Å². The lowest BCUT2D eigenvalue weighted by Gasteiger charge is -2.17. The number of nitrogens with zero attached hydrogens (tertiary/aromatic N) is 1. The van der Waals surface area contributed by atoms with Crippen LogP contribution in [-0.2, 0) is 5.75 Å². The second-order valence-corrected chi connectivity index (χ2v) is 7.48. The Morgan fingerprint density at radius 2 is 1.88 bits per heavy atom. The van der Waals surface area contributed by atoms with Crippen LogP contribution < -0.4 is 4.74 Å². The molecule has 1 aliphatic rings. The van der Waals surface area contributed by atoms with E-state index in [2.05, 4.69) is 0 Å². The SMILES string of the molecule is CCOc1ccc(C(=O)N2CCCC2)cc1CSc1ccc(Cl)cc1. The normalized spacial score (nSPS) is 13.9.